The number of nitrogens with zero attached hydrogens (tertiary/aromatic N) is 3. The molecule has 1 aromatic heterocycles. The molecule has 8 heteroatoms. The molecule has 122 valence electrons. The van der Waals surface area contributed by atoms with Gasteiger partial charge in [-0.15, -0.1) is 0 Å². The number of hydrogen-bond donors (Lipinski definition) is 1. The number of aryl methyl sites for hydroxylation is 1. The third kappa shape index (κ3) is 4.20. The number of hydrogen-bond acceptors (Lipinski definition) is 5. The molecule has 1 aliphatic rings. The molecule has 0 unspecified atom stereocenters. The number of likely N-dealkylation sites (N-methyl/N-ethyl adjacent to an activating group) is 1. The first kappa shape index (κ1) is 16.3. The Morgan fingerprint density at radius 2 is 2.32 bits per heavy atom. The normalized spacial score (nSPS) is 17.3. The maximum atomic E-state index is 12.0. The zero-order valence-electron chi connectivity index (χ0n) is 13.2. The smallest absolute Gasteiger partial charge is 0.272 e. The molecule has 1 fully saturated rings. The molecule has 2 rings (SSSR count). The second-order valence-corrected chi connectivity index (χ2v) is 5.41. The van der Waals surface area contributed by atoms with E-state index in [1.807, 2.05) is 0 Å². The van der Waals surface area contributed by atoms with Crippen LogP contribution in [0, 0.1) is 0 Å². The minimum Gasteiger partial charge on any atom is -0.468 e. The van der Waals surface area contributed by atoms with Gasteiger partial charge < -0.3 is 19.7 Å². The predicted molar refractivity (Wildman–Crippen MR) is 78.7 cm³/mol. The summed E-state index contributed by atoms with van der Waals surface area (Å²) in [7, 11) is 4.96. The van der Waals surface area contributed by atoms with E-state index in [9.17, 15) is 9.59 Å². The Bertz CT molecular complexity index is 535. The summed E-state index contributed by atoms with van der Waals surface area (Å²) in [6, 6.07) is 1.52. The van der Waals surface area contributed by atoms with Gasteiger partial charge in [-0.05, 0) is 12.8 Å². The Labute approximate surface area is 129 Å². The van der Waals surface area contributed by atoms with Crippen LogP contribution in [0.2, 0.25) is 0 Å². The van der Waals surface area contributed by atoms with Crippen LogP contribution in [0.15, 0.2) is 6.07 Å². The molecule has 2 amide bonds. The third-order valence-corrected chi connectivity index (χ3v) is 3.43. The van der Waals surface area contributed by atoms with Gasteiger partial charge in [-0.3, -0.25) is 9.59 Å². The van der Waals surface area contributed by atoms with Gasteiger partial charge in [-0.1, -0.05) is 0 Å². The minimum absolute atomic E-state index is 0.0843. The van der Waals surface area contributed by atoms with E-state index in [2.05, 4.69) is 10.4 Å². The standard InChI is InChI=1S/C14H22N4O4/c1-17(2)12(19)9-22-13-7-11(16-18(13)3)14(20)15-8-10-5-4-6-21-10/h7,10H,4-6,8-9H2,1-3H3,(H,15,20)/t10-/m1/s1. The first-order chi connectivity index (χ1) is 10.5. The second-order valence-electron chi connectivity index (χ2n) is 5.41. The summed E-state index contributed by atoms with van der Waals surface area (Å²) in [5, 5.41) is 6.89. The van der Waals surface area contributed by atoms with Crippen LogP contribution in [0.5, 0.6) is 5.88 Å². The molecule has 1 atom stereocenters. The first-order valence-electron chi connectivity index (χ1n) is 7.24. The lowest BCUT2D eigenvalue weighted by Crippen LogP contribution is -2.32. The molecule has 0 radical (unpaired) electrons. The van der Waals surface area contributed by atoms with Gasteiger partial charge in [0, 0.05) is 40.4 Å². The Hall–Kier alpha value is -2.09. The van der Waals surface area contributed by atoms with Crippen LogP contribution < -0.4 is 10.1 Å². The lowest BCUT2D eigenvalue weighted by Gasteiger charge is -2.10. The lowest BCUT2D eigenvalue weighted by atomic mass is 10.2. The van der Waals surface area contributed by atoms with Gasteiger partial charge in [0.1, 0.15) is 0 Å². The Morgan fingerprint density at radius 3 is 2.95 bits per heavy atom. The van der Waals surface area contributed by atoms with E-state index < -0.39 is 0 Å². The quantitative estimate of drug-likeness (QED) is 0.786. The van der Waals surface area contributed by atoms with Crippen molar-refractivity contribution in [2.24, 2.45) is 7.05 Å². The topological polar surface area (TPSA) is 85.7 Å². The molecule has 1 aromatic rings. The Kier molecular flexibility index (Phi) is 5.37. The number of aromatic nitrogens is 2. The number of carbonyl (C=O) groups is 2. The van der Waals surface area contributed by atoms with Crippen molar-refractivity contribution in [2.45, 2.75) is 18.9 Å². The van der Waals surface area contributed by atoms with Crippen molar-refractivity contribution in [2.75, 3.05) is 33.9 Å². The van der Waals surface area contributed by atoms with Crippen molar-refractivity contribution in [1.82, 2.24) is 20.0 Å². The SMILES string of the molecule is CN(C)C(=O)COc1cc(C(=O)NC[C@H]2CCCO2)nn1C. The van der Waals surface area contributed by atoms with Gasteiger partial charge in [0.05, 0.1) is 6.10 Å². The molecule has 2 heterocycles. The fraction of sp³-hybridized carbons (Fsp3) is 0.643. The summed E-state index contributed by atoms with van der Waals surface area (Å²) in [6.07, 6.45) is 2.08. The summed E-state index contributed by atoms with van der Waals surface area (Å²) in [6.45, 7) is 1.14. The van der Waals surface area contributed by atoms with E-state index in [-0.39, 0.29) is 30.2 Å². The van der Waals surface area contributed by atoms with Gasteiger partial charge in [0.15, 0.2) is 12.3 Å². The molecule has 1 saturated heterocycles. The molecule has 0 bridgehead atoms. The Balaban J connectivity index is 1.87. The van der Waals surface area contributed by atoms with E-state index in [1.54, 1.807) is 21.1 Å². The van der Waals surface area contributed by atoms with Crippen molar-refractivity contribution in [3.63, 3.8) is 0 Å². The Morgan fingerprint density at radius 1 is 1.55 bits per heavy atom. The summed E-state index contributed by atoms with van der Waals surface area (Å²) < 4.78 is 12.3. The molecule has 0 aromatic carbocycles. The van der Waals surface area contributed by atoms with Crippen molar-refractivity contribution >= 4 is 11.8 Å². The fourth-order valence-corrected chi connectivity index (χ4v) is 2.06. The van der Waals surface area contributed by atoms with E-state index in [4.69, 9.17) is 9.47 Å². The summed E-state index contributed by atoms with van der Waals surface area (Å²) in [5.74, 6) is -0.0667. The highest BCUT2D eigenvalue weighted by Crippen LogP contribution is 2.13. The largest absolute Gasteiger partial charge is 0.468 e. The molecule has 1 aliphatic heterocycles. The number of amides is 2. The monoisotopic (exact) mass is 310 g/mol. The highest BCUT2D eigenvalue weighted by Gasteiger charge is 2.19. The van der Waals surface area contributed by atoms with Gasteiger partial charge in [0.2, 0.25) is 5.88 Å². The summed E-state index contributed by atoms with van der Waals surface area (Å²) in [5.41, 5.74) is 0.257. The highest BCUT2D eigenvalue weighted by atomic mass is 16.5. The number of rotatable bonds is 6. The highest BCUT2D eigenvalue weighted by molar-refractivity contribution is 5.92. The second kappa shape index (κ2) is 7.26. The molecule has 0 aliphatic carbocycles. The van der Waals surface area contributed by atoms with Gasteiger partial charge >= 0.3 is 0 Å². The molecule has 8 nitrogen and oxygen atoms in total. The molecule has 1 N–H and O–H groups in total. The van der Waals surface area contributed by atoms with E-state index in [1.165, 1.54) is 15.6 Å². The van der Waals surface area contributed by atoms with Crippen molar-refractivity contribution in [3.8, 4) is 5.88 Å². The molecule has 0 saturated carbocycles. The molecule has 0 spiro atoms. The molecular formula is C14H22N4O4. The zero-order chi connectivity index (χ0) is 16.1. The maximum Gasteiger partial charge on any atom is 0.272 e. The van der Waals surface area contributed by atoms with Crippen LogP contribution >= 0.6 is 0 Å². The van der Waals surface area contributed by atoms with Gasteiger partial charge in [0.25, 0.3) is 11.8 Å². The van der Waals surface area contributed by atoms with Crippen molar-refractivity contribution in [3.05, 3.63) is 11.8 Å². The third-order valence-electron chi connectivity index (χ3n) is 3.43. The van der Waals surface area contributed by atoms with Crippen LogP contribution in [0.25, 0.3) is 0 Å². The summed E-state index contributed by atoms with van der Waals surface area (Å²) in [4.78, 5) is 25.0. The van der Waals surface area contributed by atoms with Crippen LogP contribution in [0.3, 0.4) is 0 Å². The van der Waals surface area contributed by atoms with Crippen LogP contribution in [-0.2, 0) is 16.6 Å². The van der Waals surface area contributed by atoms with E-state index in [0.29, 0.717) is 12.4 Å². The van der Waals surface area contributed by atoms with E-state index in [0.717, 1.165) is 19.4 Å². The van der Waals surface area contributed by atoms with Crippen molar-refractivity contribution < 1.29 is 19.1 Å². The number of carbonyl (C=O) groups excluding carboxylic acids is 2. The molecular weight excluding hydrogens is 288 g/mol. The maximum absolute atomic E-state index is 12.0. The van der Waals surface area contributed by atoms with Crippen molar-refractivity contribution in [1.29, 1.82) is 0 Å². The first-order valence-corrected chi connectivity index (χ1v) is 7.24. The summed E-state index contributed by atoms with van der Waals surface area (Å²) >= 11 is 0. The average Bonchev–Trinajstić information content (AvgIpc) is 3.11. The van der Waals surface area contributed by atoms with Crippen LogP contribution in [-0.4, -0.2) is 66.5 Å². The van der Waals surface area contributed by atoms with Crippen LogP contribution in [0.1, 0.15) is 23.3 Å². The predicted octanol–water partition coefficient (Wildman–Crippen LogP) is -0.204. The van der Waals surface area contributed by atoms with Crippen LogP contribution in [0.4, 0.5) is 0 Å². The number of nitrogens with one attached hydrogen (secondary N) is 1. The average molecular weight is 310 g/mol. The minimum atomic E-state index is -0.278. The fourth-order valence-electron chi connectivity index (χ4n) is 2.06. The van der Waals surface area contributed by atoms with Gasteiger partial charge in [-0.25, -0.2) is 4.68 Å². The molecule has 22 heavy (non-hydrogen) atoms. The zero-order valence-corrected chi connectivity index (χ0v) is 13.2. The number of ether oxygens (including phenoxy) is 2. The lowest BCUT2D eigenvalue weighted by molar-refractivity contribution is -0.130. The van der Waals surface area contributed by atoms with Gasteiger partial charge in [-0.2, -0.15) is 5.10 Å². The van der Waals surface area contributed by atoms with E-state index >= 15 is 0 Å².